The normalized spacial score (nSPS) is 33.9. The highest BCUT2D eigenvalue weighted by molar-refractivity contribution is 6.33. The van der Waals surface area contributed by atoms with Crippen molar-refractivity contribution in [2.24, 2.45) is 11.8 Å². The molecule has 3 fully saturated rings. The van der Waals surface area contributed by atoms with E-state index in [0.29, 0.717) is 0 Å². The van der Waals surface area contributed by atoms with Gasteiger partial charge in [0.25, 0.3) is 0 Å². The van der Waals surface area contributed by atoms with E-state index in [0.717, 1.165) is 36.0 Å². The van der Waals surface area contributed by atoms with E-state index in [2.05, 4.69) is 21.9 Å². The fourth-order valence-corrected chi connectivity index (χ4v) is 4.92. The van der Waals surface area contributed by atoms with Crippen LogP contribution in [-0.2, 0) is 0 Å². The Labute approximate surface area is 126 Å². The van der Waals surface area contributed by atoms with Crippen LogP contribution in [0.2, 0.25) is 5.02 Å². The zero-order valence-corrected chi connectivity index (χ0v) is 12.7. The standard InChI is InChI=1S/C17H23ClN2/c18-15-3-1-2-4-16(15)19-7-9-20(10-8-19)17-12-13-5-6-14(17)11-13/h1-4,13-14,17H,5-12H2. The van der Waals surface area contributed by atoms with Crippen molar-refractivity contribution in [3.8, 4) is 0 Å². The van der Waals surface area contributed by atoms with Gasteiger partial charge in [0.15, 0.2) is 0 Å². The Kier molecular flexibility index (Phi) is 3.39. The van der Waals surface area contributed by atoms with Gasteiger partial charge in [-0.05, 0) is 43.2 Å². The molecule has 1 aromatic carbocycles. The molecule has 108 valence electrons. The lowest BCUT2D eigenvalue weighted by molar-refractivity contribution is 0.135. The fraction of sp³-hybridized carbons (Fsp3) is 0.647. The molecule has 1 saturated heterocycles. The van der Waals surface area contributed by atoms with Crippen molar-refractivity contribution in [1.82, 2.24) is 4.90 Å². The third-order valence-electron chi connectivity index (χ3n) is 5.68. The molecule has 2 aliphatic carbocycles. The van der Waals surface area contributed by atoms with Crippen molar-refractivity contribution in [3.63, 3.8) is 0 Å². The predicted octanol–water partition coefficient (Wildman–Crippen LogP) is 3.65. The Morgan fingerprint density at radius 3 is 2.40 bits per heavy atom. The highest BCUT2D eigenvalue weighted by atomic mass is 35.5. The molecule has 0 radical (unpaired) electrons. The fourth-order valence-electron chi connectivity index (χ4n) is 4.66. The Hall–Kier alpha value is -0.730. The molecule has 2 bridgehead atoms. The number of para-hydroxylation sites is 1. The van der Waals surface area contributed by atoms with E-state index in [1.54, 1.807) is 0 Å². The number of fused-ring (bicyclic) bond motifs is 2. The van der Waals surface area contributed by atoms with Crippen LogP contribution in [0.3, 0.4) is 0 Å². The van der Waals surface area contributed by atoms with Crippen molar-refractivity contribution in [2.45, 2.75) is 31.7 Å². The lowest BCUT2D eigenvalue weighted by atomic mass is 9.93. The summed E-state index contributed by atoms with van der Waals surface area (Å²) in [5.74, 6) is 2.05. The second kappa shape index (κ2) is 5.23. The molecule has 0 spiro atoms. The van der Waals surface area contributed by atoms with Gasteiger partial charge in [0, 0.05) is 32.2 Å². The summed E-state index contributed by atoms with van der Waals surface area (Å²) >= 11 is 6.32. The summed E-state index contributed by atoms with van der Waals surface area (Å²) in [6, 6.07) is 9.14. The highest BCUT2D eigenvalue weighted by Gasteiger charge is 2.42. The zero-order chi connectivity index (χ0) is 13.5. The second-order valence-electron chi connectivity index (χ2n) is 6.72. The molecule has 3 unspecified atom stereocenters. The van der Waals surface area contributed by atoms with Crippen molar-refractivity contribution >= 4 is 17.3 Å². The molecule has 1 aliphatic heterocycles. The van der Waals surface area contributed by atoms with E-state index in [1.165, 1.54) is 44.5 Å². The van der Waals surface area contributed by atoms with Crippen molar-refractivity contribution in [1.29, 1.82) is 0 Å². The maximum absolute atomic E-state index is 6.32. The molecule has 0 aromatic heterocycles. The molecule has 1 aromatic rings. The van der Waals surface area contributed by atoms with Gasteiger partial charge in [-0.2, -0.15) is 0 Å². The molecule has 2 saturated carbocycles. The third kappa shape index (κ3) is 2.23. The number of anilines is 1. The molecular formula is C17H23ClN2. The Morgan fingerprint density at radius 2 is 1.75 bits per heavy atom. The molecule has 2 nitrogen and oxygen atoms in total. The van der Waals surface area contributed by atoms with E-state index < -0.39 is 0 Å². The number of piperazine rings is 1. The number of hydrogen-bond acceptors (Lipinski definition) is 2. The lowest BCUT2D eigenvalue weighted by Crippen LogP contribution is -2.51. The second-order valence-corrected chi connectivity index (χ2v) is 7.12. The van der Waals surface area contributed by atoms with Gasteiger partial charge in [-0.3, -0.25) is 4.90 Å². The average Bonchev–Trinajstić information content (AvgIpc) is 3.11. The van der Waals surface area contributed by atoms with Crippen LogP contribution in [0.15, 0.2) is 24.3 Å². The van der Waals surface area contributed by atoms with Gasteiger partial charge >= 0.3 is 0 Å². The zero-order valence-electron chi connectivity index (χ0n) is 12.0. The SMILES string of the molecule is Clc1ccccc1N1CCN(C2CC3CCC2C3)CC1. The summed E-state index contributed by atoms with van der Waals surface area (Å²) in [6.45, 7) is 4.66. The summed E-state index contributed by atoms with van der Waals surface area (Å²) in [5, 5.41) is 0.890. The van der Waals surface area contributed by atoms with Crippen molar-refractivity contribution < 1.29 is 0 Å². The Balaban J connectivity index is 1.40. The molecule has 20 heavy (non-hydrogen) atoms. The predicted molar refractivity (Wildman–Crippen MR) is 84.5 cm³/mol. The Bertz CT molecular complexity index is 482. The molecule has 1 heterocycles. The minimum Gasteiger partial charge on any atom is -0.368 e. The molecule has 3 aliphatic rings. The van der Waals surface area contributed by atoms with Crippen LogP contribution in [0.25, 0.3) is 0 Å². The molecule has 0 N–H and O–H groups in total. The first-order valence-corrected chi connectivity index (χ1v) is 8.42. The van der Waals surface area contributed by atoms with Crippen LogP contribution >= 0.6 is 11.6 Å². The number of benzene rings is 1. The Morgan fingerprint density at radius 1 is 0.950 bits per heavy atom. The number of halogens is 1. The van der Waals surface area contributed by atoms with Gasteiger partial charge in [-0.15, -0.1) is 0 Å². The number of rotatable bonds is 2. The minimum atomic E-state index is 0.890. The molecule has 4 rings (SSSR count). The summed E-state index contributed by atoms with van der Waals surface area (Å²) in [7, 11) is 0. The van der Waals surface area contributed by atoms with E-state index in [1.807, 2.05) is 12.1 Å². The van der Waals surface area contributed by atoms with Crippen LogP contribution in [0.5, 0.6) is 0 Å². The third-order valence-corrected chi connectivity index (χ3v) is 6.00. The van der Waals surface area contributed by atoms with E-state index in [-0.39, 0.29) is 0 Å². The smallest absolute Gasteiger partial charge is 0.0639 e. The lowest BCUT2D eigenvalue weighted by Gasteiger charge is -2.42. The largest absolute Gasteiger partial charge is 0.368 e. The topological polar surface area (TPSA) is 6.48 Å². The van der Waals surface area contributed by atoms with Crippen LogP contribution < -0.4 is 4.90 Å². The van der Waals surface area contributed by atoms with Crippen LogP contribution in [0.1, 0.15) is 25.7 Å². The highest BCUT2D eigenvalue weighted by Crippen LogP contribution is 2.46. The van der Waals surface area contributed by atoms with Crippen LogP contribution in [0.4, 0.5) is 5.69 Å². The first-order valence-electron chi connectivity index (χ1n) is 8.05. The first kappa shape index (κ1) is 13.0. The van der Waals surface area contributed by atoms with E-state index in [4.69, 9.17) is 11.6 Å². The number of nitrogens with zero attached hydrogens (tertiary/aromatic N) is 2. The quantitative estimate of drug-likeness (QED) is 0.820. The monoisotopic (exact) mass is 290 g/mol. The van der Waals surface area contributed by atoms with Gasteiger partial charge < -0.3 is 4.90 Å². The van der Waals surface area contributed by atoms with Gasteiger partial charge in [-0.1, -0.05) is 30.2 Å². The summed E-state index contributed by atoms with van der Waals surface area (Å²) in [5.41, 5.74) is 1.21. The maximum atomic E-state index is 6.32. The maximum Gasteiger partial charge on any atom is 0.0639 e. The van der Waals surface area contributed by atoms with Gasteiger partial charge in [0.1, 0.15) is 0 Å². The van der Waals surface area contributed by atoms with Gasteiger partial charge in [0.05, 0.1) is 10.7 Å². The van der Waals surface area contributed by atoms with Crippen LogP contribution in [0, 0.1) is 11.8 Å². The molecule has 3 atom stereocenters. The summed E-state index contributed by atoms with van der Waals surface area (Å²) in [4.78, 5) is 5.21. The van der Waals surface area contributed by atoms with Crippen molar-refractivity contribution in [2.75, 3.05) is 31.1 Å². The minimum absolute atomic E-state index is 0.890. The van der Waals surface area contributed by atoms with Gasteiger partial charge in [-0.25, -0.2) is 0 Å². The van der Waals surface area contributed by atoms with Crippen molar-refractivity contribution in [3.05, 3.63) is 29.3 Å². The van der Waals surface area contributed by atoms with E-state index >= 15 is 0 Å². The number of hydrogen-bond donors (Lipinski definition) is 0. The summed E-state index contributed by atoms with van der Waals surface area (Å²) < 4.78 is 0. The average molecular weight is 291 g/mol. The van der Waals surface area contributed by atoms with Gasteiger partial charge in [0.2, 0.25) is 0 Å². The molecule has 0 amide bonds. The van der Waals surface area contributed by atoms with Crippen LogP contribution in [-0.4, -0.2) is 37.1 Å². The first-order chi connectivity index (χ1) is 9.81. The van der Waals surface area contributed by atoms with E-state index in [9.17, 15) is 0 Å². The molecular weight excluding hydrogens is 268 g/mol. The molecule has 3 heteroatoms. The summed E-state index contributed by atoms with van der Waals surface area (Å²) in [6.07, 6.45) is 5.97.